The van der Waals surface area contributed by atoms with Crippen LogP contribution in [0.1, 0.15) is 35.7 Å². The Morgan fingerprint density at radius 2 is 1.79 bits per heavy atom. The lowest BCUT2D eigenvalue weighted by Crippen LogP contribution is -2.32. The van der Waals surface area contributed by atoms with Gasteiger partial charge in [0.1, 0.15) is 5.75 Å². The minimum Gasteiger partial charge on any atom is -0.497 e. The number of ether oxygens (including phenoxy) is 1. The van der Waals surface area contributed by atoms with Crippen LogP contribution >= 0.6 is 15.9 Å². The van der Waals surface area contributed by atoms with Crippen LogP contribution in [0.15, 0.2) is 83.5 Å². The van der Waals surface area contributed by atoms with Gasteiger partial charge in [-0.05, 0) is 73.9 Å². The first kappa shape index (κ1) is 27.5. The van der Waals surface area contributed by atoms with Crippen molar-refractivity contribution in [1.29, 1.82) is 0 Å². The normalized spacial score (nSPS) is 11.7. The summed E-state index contributed by atoms with van der Waals surface area (Å²) >= 11 is 3.46. The van der Waals surface area contributed by atoms with Gasteiger partial charge in [-0.3, -0.25) is 9.78 Å². The van der Waals surface area contributed by atoms with E-state index in [4.69, 9.17) is 4.74 Å². The Hall–Kier alpha value is -3.58. The summed E-state index contributed by atoms with van der Waals surface area (Å²) in [5, 5.41) is 4.65. The molecule has 1 unspecified atom stereocenters. The topological polar surface area (TPSA) is 57.7 Å². The molecule has 1 aromatic heterocycles. The maximum atomic E-state index is 13.5. The smallest absolute Gasteiger partial charge is 0.254 e. The third kappa shape index (κ3) is 7.04. The van der Waals surface area contributed by atoms with Gasteiger partial charge in [-0.2, -0.15) is 0 Å². The molecular formula is C31H35BrN4O2. The quantitative estimate of drug-likeness (QED) is 0.209. The third-order valence-corrected chi connectivity index (χ3v) is 7.11. The number of halogens is 1. The number of nitrogens with zero attached hydrogens (tertiary/aromatic N) is 3. The molecule has 1 N–H and O–H groups in total. The molecular weight excluding hydrogens is 540 g/mol. The number of hydrogen-bond donors (Lipinski definition) is 1. The molecule has 38 heavy (non-hydrogen) atoms. The van der Waals surface area contributed by atoms with E-state index in [9.17, 15) is 4.79 Å². The third-order valence-electron chi connectivity index (χ3n) is 6.59. The minimum atomic E-state index is 0.0396. The van der Waals surface area contributed by atoms with Crippen molar-refractivity contribution in [3.63, 3.8) is 0 Å². The van der Waals surface area contributed by atoms with E-state index in [1.165, 1.54) is 0 Å². The molecule has 0 aliphatic rings. The van der Waals surface area contributed by atoms with Gasteiger partial charge in [0.2, 0.25) is 0 Å². The Morgan fingerprint density at radius 3 is 2.47 bits per heavy atom. The second kappa shape index (κ2) is 12.8. The second-order valence-electron chi connectivity index (χ2n) is 9.73. The predicted molar refractivity (Wildman–Crippen MR) is 160 cm³/mol. The average molecular weight is 576 g/mol. The van der Waals surface area contributed by atoms with Crippen LogP contribution in [0.3, 0.4) is 0 Å². The summed E-state index contributed by atoms with van der Waals surface area (Å²) in [4.78, 5) is 22.1. The molecule has 1 atom stereocenters. The van der Waals surface area contributed by atoms with Crippen molar-refractivity contribution in [2.45, 2.75) is 32.4 Å². The van der Waals surface area contributed by atoms with E-state index >= 15 is 0 Å². The van der Waals surface area contributed by atoms with Gasteiger partial charge in [-0.1, -0.05) is 34.1 Å². The molecule has 198 valence electrons. The highest BCUT2D eigenvalue weighted by Crippen LogP contribution is 2.28. The molecule has 0 bridgehead atoms. The number of pyridine rings is 1. The summed E-state index contributed by atoms with van der Waals surface area (Å²) in [5.41, 5.74) is 4.82. The summed E-state index contributed by atoms with van der Waals surface area (Å²) in [5.74, 6) is 0.838. The highest BCUT2D eigenvalue weighted by atomic mass is 79.9. The zero-order valence-electron chi connectivity index (χ0n) is 22.4. The fourth-order valence-corrected chi connectivity index (χ4v) is 4.73. The van der Waals surface area contributed by atoms with Crippen molar-refractivity contribution in [3.05, 3.63) is 94.6 Å². The van der Waals surface area contributed by atoms with Crippen LogP contribution in [0, 0.1) is 0 Å². The van der Waals surface area contributed by atoms with Crippen LogP contribution in [-0.4, -0.2) is 49.6 Å². The molecule has 0 saturated heterocycles. The van der Waals surface area contributed by atoms with E-state index in [0.717, 1.165) is 50.9 Å². The molecule has 1 amide bonds. The number of rotatable bonds is 11. The number of amides is 1. The zero-order chi connectivity index (χ0) is 27.1. The molecule has 6 nitrogen and oxygen atoms in total. The van der Waals surface area contributed by atoms with Gasteiger partial charge in [-0.15, -0.1) is 0 Å². The number of anilines is 2. The standard InChI is InChI=1S/C31H35BrN4O2/c1-22(34-29-20-28(38-4)19-25-8-5-17-33-30(25)29)7-6-18-36(31(37)24-11-13-26(32)14-12-24)21-23-9-15-27(16-10-23)35(2)3/h5,8-17,19-20,22,34H,6-7,18,21H2,1-4H3. The Balaban J connectivity index is 1.44. The molecule has 0 spiro atoms. The molecule has 0 saturated carbocycles. The molecule has 0 aliphatic carbocycles. The molecule has 0 fully saturated rings. The first-order valence-electron chi connectivity index (χ1n) is 12.8. The van der Waals surface area contributed by atoms with Gasteiger partial charge in [-0.25, -0.2) is 0 Å². The Morgan fingerprint density at radius 1 is 1.05 bits per heavy atom. The number of methoxy groups -OCH3 is 1. The van der Waals surface area contributed by atoms with Crippen LogP contribution in [0.4, 0.5) is 11.4 Å². The molecule has 4 rings (SSSR count). The monoisotopic (exact) mass is 574 g/mol. The van der Waals surface area contributed by atoms with Crippen molar-refractivity contribution in [2.75, 3.05) is 38.0 Å². The highest BCUT2D eigenvalue weighted by Gasteiger charge is 2.17. The number of carbonyl (C=O) groups is 1. The first-order valence-corrected chi connectivity index (χ1v) is 13.6. The molecule has 0 radical (unpaired) electrons. The van der Waals surface area contributed by atoms with Crippen molar-refractivity contribution < 1.29 is 9.53 Å². The summed E-state index contributed by atoms with van der Waals surface area (Å²) in [6.45, 7) is 3.39. The second-order valence-corrected chi connectivity index (χ2v) is 10.6. The van der Waals surface area contributed by atoms with E-state index in [0.29, 0.717) is 18.7 Å². The lowest BCUT2D eigenvalue weighted by Gasteiger charge is -2.25. The van der Waals surface area contributed by atoms with E-state index in [1.54, 1.807) is 13.3 Å². The predicted octanol–water partition coefficient (Wildman–Crippen LogP) is 7.00. The van der Waals surface area contributed by atoms with Gasteiger partial charge in [0.25, 0.3) is 5.91 Å². The molecule has 1 heterocycles. The van der Waals surface area contributed by atoms with Gasteiger partial charge in [0.05, 0.1) is 18.3 Å². The van der Waals surface area contributed by atoms with Crippen LogP contribution in [0.2, 0.25) is 0 Å². The zero-order valence-corrected chi connectivity index (χ0v) is 24.0. The van der Waals surface area contributed by atoms with Crippen molar-refractivity contribution in [1.82, 2.24) is 9.88 Å². The van der Waals surface area contributed by atoms with Crippen molar-refractivity contribution >= 4 is 44.1 Å². The van der Waals surface area contributed by atoms with Crippen molar-refractivity contribution in [3.8, 4) is 5.75 Å². The summed E-state index contributed by atoms with van der Waals surface area (Å²) in [6, 6.07) is 24.1. The largest absolute Gasteiger partial charge is 0.497 e. The fraction of sp³-hybridized carbons (Fsp3) is 0.290. The number of fused-ring (bicyclic) bond motifs is 1. The average Bonchev–Trinajstić information content (AvgIpc) is 2.92. The van der Waals surface area contributed by atoms with Gasteiger partial charge in [0.15, 0.2) is 0 Å². The molecule has 3 aromatic carbocycles. The van der Waals surface area contributed by atoms with E-state index < -0.39 is 0 Å². The summed E-state index contributed by atoms with van der Waals surface area (Å²) in [7, 11) is 5.73. The van der Waals surface area contributed by atoms with Gasteiger partial charge >= 0.3 is 0 Å². The minimum absolute atomic E-state index is 0.0396. The lowest BCUT2D eigenvalue weighted by molar-refractivity contribution is 0.0739. The fourth-order valence-electron chi connectivity index (χ4n) is 4.47. The number of carbonyl (C=O) groups excluding carboxylic acids is 1. The Bertz CT molecular complexity index is 1360. The summed E-state index contributed by atoms with van der Waals surface area (Å²) < 4.78 is 6.45. The first-order chi connectivity index (χ1) is 18.3. The van der Waals surface area contributed by atoms with Crippen LogP contribution < -0.4 is 15.0 Å². The number of benzene rings is 3. The maximum Gasteiger partial charge on any atom is 0.254 e. The highest BCUT2D eigenvalue weighted by molar-refractivity contribution is 9.10. The Kier molecular flexibility index (Phi) is 9.24. The van der Waals surface area contributed by atoms with E-state index in [-0.39, 0.29) is 11.9 Å². The SMILES string of the molecule is COc1cc(NC(C)CCCN(Cc2ccc(N(C)C)cc2)C(=O)c2ccc(Br)cc2)c2ncccc2c1. The molecule has 4 aromatic rings. The number of nitrogens with one attached hydrogen (secondary N) is 1. The van der Waals surface area contributed by atoms with Crippen LogP contribution in [0.5, 0.6) is 5.75 Å². The number of hydrogen-bond acceptors (Lipinski definition) is 5. The Labute approximate surface area is 233 Å². The molecule has 7 heteroatoms. The summed E-state index contributed by atoms with van der Waals surface area (Å²) in [6.07, 6.45) is 3.57. The van der Waals surface area contributed by atoms with Gasteiger partial charge in [0, 0.05) is 66.6 Å². The van der Waals surface area contributed by atoms with E-state index in [1.807, 2.05) is 67.5 Å². The maximum absolute atomic E-state index is 13.5. The lowest BCUT2D eigenvalue weighted by atomic mass is 10.1. The number of aromatic nitrogens is 1. The van der Waals surface area contributed by atoms with Crippen LogP contribution in [-0.2, 0) is 6.54 Å². The molecule has 0 aliphatic heterocycles. The van der Waals surface area contributed by atoms with E-state index in [2.05, 4.69) is 62.3 Å². The van der Waals surface area contributed by atoms with Crippen LogP contribution in [0.25, 0.3) is 10.9 Å². The van der Waals surface area contributed by atoms with Gasteiger partial charge < -0.3 is 19.9 Å². The van der Waals surface area contributed by atoms with Crippen molar-refractivity contribution in [2.24, 2.45) is 0 Å².